The van der Waals surface area contributed by atoms with Crippen molar-refractivity contribution >= 4 is 23.7 Å². The van der Waals surface area contributed by atoms with Gasteiger partial charge in [-0.3, -0.25) is 4.79 Å². The minimum Gasteiger partial charge on any atom is -0.484 e. The minimum atomic E-state index is -0.311. The minimum absolute atomic E-state index is 0.0956. The Balaban J connectivity index is 2.32. The molecule has 0 spiro atoms. The van der Waals surface area contributed by atoms with Crippen LogP contribution in [0, 0.1) is 6.92 Å². The van der Waals surface area contributed by atoms with Crippen LogP contribution in [0.15, 0.2) is 46.6 Å². The number of aryl methyl sites for hydroxylation is 1. The highest BCUT2D eigenvalue weighted by atomic mass is 35.5. The standard InChI is InChI=1S/C19H25ClN2O2/c1-14(2)6-5-7-15(3)10-11-21-22-19(23)13-24-17-8-9-18(20)16(4)12-17/h6,8-12H,5,7,13H2,1-4H3,(H,22,23). The summed E-state index contributed by atoms with van der Waals surface area (Å²) in [7, 11) is 0. The van der Waals surface area contributed by atoms with Crippen molar-refractivity contribution < 1.29 is 9.53 Å². The van der Waals surface area contributed by atoms with Crippen molar-refractivity contribution in [3.63, 3.8) is 0 Å². The molecule has 0 aromatic heterocycles. The molecule has 1 aromatic carbocycles. The lowest BCUT2D eigenvalue weighted by Gasteiger charge is -2.06. The highest BCUT2D eigenvalue weighted by Crippen LogP contribution is 2.20. The van der Waals surface area contributed by atoms with Crippen molar-refractivity contribution in [3.05, 3.63) is 52.1 Å². The quantitative estimate of drug-likeness (QED) is 0.416. The molecule has 0 atom stereocenters. The predicted octanol–water partition coefficient (Wildman–Crippen LogP) is 4.82. The van der Waals surface area contributed by atoms with E-state index in [1.54, 1.807) is 24.4 Å². The highest BCUT2D eigenvalue weighted by molar-refractivity contribution is 6.31. The first-order valence-corrected chi connectivity index (χ1v) is 8.26. The van der Waals surface area contributed by atoms with Crippen LogP contribution in [0.4, 0.5) is 0 Å². The van der Waals surface area contributed by atoms with E-state index < -0.39 is 0 Å². The summed E-state index contributed by atoms with van der Waals surface area (Å²) in [5.41, 5.74) is 5.86. The molecular formula is C19H25ClN2O2. The molecule has 4 nitrogen and oxygen atoms in total. The lowest BCUT2D eigenvalue weighted by molar-refractivity contribution is -0.123. The number of benzene rings is 1. The summed E-state index contributed by atoms with van der Waals surface area (Å²) in [6.07, 6.45) is 7.67. The molecule has 130 valence electrons. The number of nitrogens with one attached hydrogen (secondary N) is 1. The van der Waals surface area contributed by atoms with Gasteiger partial charge in [0.2, 0.25) is 0 Å². The third-order valence-corrected chi connectivity index (χ3v) is 3.64. The number of rotatable bonds is 8. The van der Waals surface area contributed by atoms with Crippen LogP contribution in [-0.4, -0.2) is 18.7 Å². The Morgan fingerprint density at radius 1 is 1.33 bits per heavy atom. The van der Waals surface area contributed by atoms with E-state index in [9.17, 15) is 4.79 Å². The van der Waals surface area contributed by atoms with Gasteiger partial charge in [0.1, 0.15) is 5.75 Å². The number of hydrazone groups is 1. The van der Waals surface area contributed by atoms with Crippen LogP contribution >= 0.6 is 11.6 Å². The van der Waals surface area contributed by atoms with E-state index in [1.807, 2.05) is 19.9 Å². The van der Waals surface area contributed by atoms with Gasteiger partial charge >= 0.3 is 0 Å². The van der Waals surface area contributed by atoms with Gasteiger partial charge in [-0.2, -0.15) is 5.10 Å². The zero-order valence-corrected chi connectivity index (χ0v) is 15.5. The molecule has 0 radical (unpaired) electrons. The second kappa shape index (κ2) is 10.7. The normalized spacial score (nSPS) is 11.5. The van der Waals surface area contributed by atoms with E-state index in [-0.39, 0.29) is 12.5 Å². The Morgan fingerprint density at radius 2 is 2.08 bits per heavy atom. The van der Waals surface area contributed by atoms with E-state index in [4.69, 9.17) is 16.3 Å². The zero-order valence-electron chi connectivity index (χ0n) is 14.7. The lowest BCUT2D eigenvalue weighted by Crippen LogP contribution is -2.24. The Kier molecular flexibility index (Phi) is 8.87. The van der Waals surface area contributed by atoms with E-state index >= 15 is 0 Å². The Hall–Kier alpha value is -2.07. The molecule has 0 aliphatic heterocycles. The summed E-state index contributed by atoms with van der Waals surface area (Å²) in [5, 5.41) is 4.55. The first kappa shape index (κ1) is 20.0. The fourth-order valence-electron chi connectivity index (χ4n) is 1.83. The number of nitrogens with zero attached hydrogens (tertiary/aromatic N) is 1. The summed E-state index contributed by atoms with van der Waals surface area (Å²) >= 11 is 5.94. The van der Waals surface area contributed by atoms with E-state index in [1.165, 1.54) is 11.1 Å². The van der Waals surface area contributed by atoms with Gasteiger partial charge in [0.15, 0.2) is 6.61 Å². The molecule has 24 heavy (non-hydrogen) atoms. The van der Waals surface area contributed by atoms with Crippen molar-refractivity contribution in [2.75, 3.05) is 6.61 Å². The number of hydrogen-bond acceptors (Lipinski definition) is 3. The summed E-state index contributed by atoms with van der Waals surface area (Å²) in [5.74, 6) is 0.292. The first-order chi connectivity index (χ1) is 11.4. The summed E-state index contributed by atoms with van der Waals surface area (Å²) in [4.78, 5) is 11.7. The molecule has 0 aliphatic carbocycles. The lowest BCUT2D eigenvalue weighted by atomic mass is 10.1. The van der Waals surface area contributed by atoms with E-state index in [2.05, 4.69) is 30.5 Å². The van der Waals surface area contributed by atoms with Crippen LogP contribution in [-0.2, 0) is 4.79 Å². The van der Waals surface area contributed by atoms with Gasteiger partial charge in [-0.15, -0.1) is 0 Å². The van der Waals surface area contributed by atoms with Gasteiger partial charge in [0.25, 0.3) is 5.91 Å². The number of allylic oxidation sites excluding steroid dienone is 4. The fourth-order valence-corrected chi connectivity index (χ4v) is 1.95. The van der Waals surface area contributed by atoms with Gasteiger partial charge in [-0.25, -0.2) is 5.43 Å². The van der Waals surface area contributed by atoms with Crippen molar-refractivity contribution in [2.24, 2.45) is 5.10 Å². The van der Waals surface area contributed by atoms with Crippen LogP contribution < -0.4 is 10.2 Å². The highest BCUT2D eigenvalue weighted by Gasteiger charge is 2.02. The molecule has 1 N–H and O–H groups in total. The second-order valence-corrected chi connectivity index (χ2v) is 6.25. The van der Waals surface area contributed by atoms with Crippen molar-refractivity contribution in [2.45, 2.75) is 40.5 Å². The van der Waals surface area contributed by atoms with Crippen LogP contribution in [0.5, 0.6) is 5.75 Å². The topological polar surface area (TPSA) is 50.7 Å². The Labute approximate surface area is 149 Å². The Morgan fingerprint density at radius 3 is 2.75 bits per heavy atom. The molecule has 5 heteroatoms. The number of carbonyl (C=O) groups excluding carboxylic acids is 1. The number of carbonyl (C=O) groups is 1. The van der Waals surface area contributed by atoms with Crippen molar-refractivity contribution in [3.8, 4) is 5.75 Å². The van der Waals surface area contributed by atoms with Crippen LogP contribution in [0.3, 0.4) is 0 Å². The predicted molar refractivity (Wildman–Crippen MR) is 101 cm³/mol. The summed E-state index contributed by atoms with van der Waals surface area (Å²) < 4.78 is 5.39. The van der Waals surface area contributed by atoms with Gasteiger partial charge < -0.3 is 4.74 Å². The fraction of sp³-hybridized carbons (Fsp3) is 0.368. The summed E-state index contributed by atoms with van der Waals surface area (Å²) in [6.45, 7) is 8.00. The molecule has 0 aliphatic rings. The van der Waals surface area contributed by atoms with Gasteiger partial charge in [-0.1, -0.05) is 28.8 Å². The van der Waals surface area contributed by atoms with Crippen LogP contribution in [0.1, 0.15) is 39.2 Å². The SMILES string of the molecule is CC(C)=CCCC(C)=CC=NNC(=O)COc1ccc(Cl)c(C)c1. The van der Waals surface area contributed by atoms with Gasteiger partial charge in [-0.05, 0) is 70.4 Å². The number of halogens is 1. The second-order valence-electron chi connectivity index (χ2n) is 5.85. The number of amides is 1. The van der Waals surface area contributed by atoms with E-state index in [0.29, 0.717) is 10.8 Å². The third kappa shape index (κ3) is 8.53. The average Bonchev–Trinajstić information content (AvgIpc) is 2.52. The number of ether oxygens (including phenoxy) is 1. The van der Waals surface area contributed by atoms with E-state index in [0.717, 1.165) is 18.4 Å². The number of hydrogen-bond donors (Lipinski definition) is 1. The molecule has 0 bridgehead atoms. The molecule has 0 heterocycles. The molecule has 0 saturated heterocycles. The molecule has 1 rings (SSSR count). The smallest absolute Gasteiger partial charge is 0.277 e. The maximum absolute atomic E-state index is 11.7. The van der Waals surface area contributed by atoms with Crippen LogP contribution in [0.2, 0.25) is 5.02 Å². The molecule has 0 unspecified atom stereocenters. The molecule has 1 aromatic rings. The third-order valence-electron chi connectivity index (χ3n) is 3.21. The maximum Gasteiger partial charge on any atom is 0.277 e. The molecule has 0 saturated carbocycles. The first-order valence-electron chi connectivity index (χ1n) is 7.88. The average molecular weight is 349 g/mol. The Bertz CT molecular complexity index is 645. The van der Waals surface area contributed by atoms with Crippen molar-refractivity contribution in [1.82, 2.24) is 5.43 Å². The largest absolute Gasteiger partial charge is 0.484 e. The molecule has 0 fully saturated rings. The maximum atomic E-state index is 11.7. The zero-order chi connectivity index (χ0) is 17.9. The molecular weight excluding hydrogens is 324 g/mol. The van der Waals surface area contributed by atoms with Gasteiger partial charge in [0.05, 0.1) is 0 Å². The van der Waals surface area contributed by atoms with Gasteiger partial charge in [0, 0.05) is 11.2 Å². The van der Waals surface area contributed by atoms with Crippen molar-refractivity contribution in [1.29, 1.82) is 0 Å². The van der Waals surface area contributed by atoms with Crippen LogP contribution in [0.25, 0.3) is 0 Å². The summed E-state index contributed by atoms with van der Waals surface area (Å²) in [6, 6.07) is 5.26. The molecule has 1 amide bonds. The monoisotopic (exact) mass is 348 g/mol.